The van der Waals surface area contributed by atoms with Crippen LogP contribution in [0.5, 0.6) is 0 Å². The first-order valence-corrected chi connectivity index (χ1v) is 11.6. The molecule has 1 aliphatic heterocycles. The maximum absolute atomic E-state index is 13.0. The number of alkyl halides is 3. The van der Waals surface area contributed by atoms with Gasteiger partial charge in [0.05, 0.1) is 24.5 Å². The Balaban J connectivity index is 1.34. The molecule has 3 aromatic heterocycles. The number of nitrogens with one attached hydrogen (secondary N) is 2. The average molecular weight is 530 g/mol. The highest BCUT2D eigenvalue weighted by atomic mass is 19.4. The van der Waals surface area contributed by atoms with E-state index in [-0.39, 0.29) is 0 Å². The minimum atomic E-state index is -4.63. The Morgan fingerprint density at radius 3 is 2.58 bits per heavy atom. The fraction of sp³-hybridized carbons (Fsp3) is 0.250. The predicted molar refractivity (Wildman–Crippen MR) is 130 cm³/mol. The van der Waals surface area contributed by atoms with Crippen molar-refractivity contribution in [3.05, 3.63) is 66.2 Å². The van der Waals surface area contributed by atoms with Crippen molar-refractivity contribution in [1.29, 1.82) is 0 Å². The summed E-state index contributed by atoms with van der Waals surface area (Å²) in [4.78, 5) is 18.8. The van der Waals surface area contributed by atoms with Gasteiger partial charge in [-0.1, -0.05) is 16.9 Å². The number of urea groups is 1. The average Bonchev–Trinajstić information content (AvgIpc) is 3.25. The number of rotatable bonds is 5. The number of nitrogens with zero attached hydrogens (tertiary/aromatic N) is 5. The number of amides is 2. The summed E-state index contributed by atoms with van der Waals surface area (Å²) in [5.74, 6) is -0.124. The minimum absolute atomic E-state index is 0.322. The summed E-state index contributed by atoms with van der Waals surface area (Å²) in [5.41, 5.74) is 8.77. The van der Waals surface area contributed by atoms with Gasteiger partial charge >= 0.3 is 18.0 Å². The highest BCUT2D eigenvalue weighted by Crippen LogP contribution is 2.32. The standard InChI is InChI=1S/C24H23F3N8O3/c25-24(26,27)16-5-6-34(37)20(11-16)32-23(36)31-17-3-1-15(2-4-17)19-12-18(13-33-7-9-38-10-8-33)35-21(19)22(28)29-14-30-35/h1-6,11-12,14,37H,7-10,13H2,(H3,28,29,30,31,36)/p+1. The zero-order valence-electron chi connectivity index (χ0n) is 19.9. The zero-order valence-corrected chi connectivity index (χ0v) is 19.9. The molecule has 1 saturated heterocycles. The van der Waals surface area contributed by atoms with Crippen LogP contribution < -0.4 is 21.1 Å². The number of halogens is 3. The number of pyridine rings is 1. The molecule has 5 rings (SSSR count). The first kappa shape index (κ1) is 25.2. The maximum atomic E-state index is 13.0. The minimum Gasteiger partial charge on any atom is -0.382 e. The smallest absolute Gasteiger partial charge is 0.382 e. The molecule has 0 spiro atoms. The monoisotopic (exact) mass is 529 g/mol. The molecule has 0 bridgehead atoms. The van der Waals surface area contributed by atoms with Gasteiger partial charge in [-0.15, -0.1) is 0 Å². The molecule has 0 aliphatic carbocycles. The summed E-state index contributed by atoms with van der Waals surface area (Å²) >= 11 is 0. The second-order valence-electron chi connectivity index (χ2n) is 8.64. The molecule has 11 nitrogen and oxygen atoms in total. The van der Waals surface area contributed by atoms with Crippen LogP contribution in [-0.2, 0) is 17.5 Å². The van der Waals surface area contributed by atoms with Crippen molar-refractivity contribution < 1.29 is 32.6 Å². The lowest BCUT2D eigenvalue weighted by Crippen LogP contribution is -2.37. The molecule has 1 fully saturated rings. The topological polar surface area (TPSA) is 134 Å². The second-order valence-corrected chi connectivity index (χ2v) is 8.64. The summed E-state index contributed by atoms with van der Waals surface area (Å²) in [6.45, 7) is 3.61. The van der Waals surface area contributed by atoms with Crippen LogP contribution in [0.2, 0.25) is 0 Å². The lowest BCUT2D eigenvalue weighted by molar-refractivity contribution is -0.893. The fourth-order valence-corrected chi connectivity index (χ4v) is 4.23. The maximum Gasteiger partial charge on any atom is 0.416 e. The Hall–Kier alpha value is -4.43. The predicted octanol–water partition coefficient (Wildman–Crippen LogP) is 3.00. The molecule has 1 aromatic carbocycles. The molecule has 0 unspecified atom stereocenters. The molecule has 0 radical (unpaired) electrons. The molecule has 5 N–H and O–H groups in total. The van der Waals surface area contributed by atoms with E-state index in [9.17, 15) is 23.2 Å². The number of carbonyl (C=O) groups is 1. The van der Waals surface area contributed by atoms with Gasteiger partial charge < -0.3 is 15.7 Å². The third-order valence-electron chi connectivity index (χ3n) is 6.10. The number of fused-ring (bicyclic) bond motifs is 1. The fourth-order valence-electron chi connectivity index (χ4n) is 4.23. The van der Waals surface area contributed by atoms with Gasteiger partial charge in [-0.3, -0.25) is 10.2 Å². The van der Waals surface area contributed by atoms with Crippen molar-refractivity contribution in [1.82, 2.24) is 19.5 Å². The van der Waals surface area contributed by atoms with Gasteiger partial charge in [0.2, 0.25) is 0 Å². The lowest BCUT2D eigenvalue weighted by Gasteiger charge is -2.26. The number of anilines is 3. The molecule has 1 aliphatic rings. The number of morpholine rings is 1. The Bertz CT molecular complexity index is 1470. The quantitative estimate of drug-likeness (QED) is 0.231. The molecule has 0 atom stereocenters. The number of hydrogen-bond donors (Lipinski definition) is 4. The first-order valence-electron chi connectivity index (χ1n) is 11.6. The number of ether oxygens (including phenoxy) is 1. The van der Waals surface area contributed by atoms with Crippen molar-refractivity contribution in [3.63, 3.8) is 0 Å². The molecule has 38 heavy (non-hydrogen) atoms. The summed E-state index contributed by atoms with van der Waals surface area (Å²) in [6, 6.07) is 9.30. The largest absolute Gasteiger partial charge is 0.416 e. The van der Waals surface area contributed by atoms with Gasteiger partial charge in [0.15, 0.2) is 5.82 Å². The number of benzene rings is 1. The van der Waals surface area contributed by atoms with Crippen molar-refractivity contribution in [3.8, 4) is 11.1 Å². The number of nitrogens with two attached hydrogens (primary N) is 1. The van der Waals surface area contributed by atoms with Gasteiger partial charge in [0, 0.05) is 37.0 Å². The number of aromatic nitrogens is 4. The van der Waals surface area contributed by atoms with E-state index in [1.54, 1.807) is 28.8 Å². The highest BCUT2D eigenvalue weighted by molar-refractivity contribution is 5.99. The van der Waals surface area contributed by atoms with E-state index in [1.165, 1.54) is 6.33 Å². The van der Waals surface area contributed by atoms with E-state index < -0.39 is 23.6 Å². The molecular formula is C24H24F3N8O3+. The lowest BCUT2D eigenvalue weighted by atomic mass is 10.1. The van der Waals surface area contributed by atoms with Gasteiger partial charge in [0.25, 0.3) is 0 Å². The van der Waals surface area contributed by atoms with E-state index in [1.807, 2.05) is 6.07 Å². The van der Waals surface area contributed by atoms with E-state index in [0.29, 0.717) is 53.6 Å². The van der Waals surface area contributed by atoms with Crippen molar-refractivity contribution in [2.24, 2.45) is 0 Å². The normalized spacial score (nSPS) is 14.5. The van der Waals surface area contributed by atoms with Crippen LogP contribution in [0, 0.1) is 0 Å². The Morgan fingerprint density at radius 1 is 1.13 bits per heavy atom. The number of hydrogen-bond acceptors (Lipinski definition) is 7. The van der Waals surface area contributed by atoms with Crippen molar-refractivity contribution in [2.75, 3.05) is 42.7 Å². The highest BCUT2D eigenvalue weighted by Gasteiger charge is 2.33. The summed E-state index contributed by atoms with van der Waals surface area (Å²) < 4.78 is 46.5. The summed E-state index contributed by atoms with van der Waals surface area (Å²) in [5, 5.41) is 18.9. The Labute approximate surface area is 214 Å². The van der Waals surface area contributed by atoms with Crippen molar-refractivity contribution in [2.45, 2.75) is 12.7 Å². The Morgan fingerprint density at radius 2 is 1.87 bits per heavy atom. The first-order chi connectivity index (χ1) is 18.2. The molecular weight excluding hydrogens is 505 g/mol. The molecule has 198 valence electrons. The van der Waals surface area contributed by atoms with Crippen LogP contribution >= 0.6 is 0 Å². The Kier molecular flexibility index (Phi) is 6.73. The van der Waals surface area contributed by atoms with Crippen LogP contribution in [0.25, 0.3) is 16.6 Å². The van der Waals surface area contributed by atoms with Crippen LogP contribution in [0.15, 0.2) is 55.0 Å². The summed E-state index contributed by atoms with van der Waals surface area (Å²) in [7, 11) is 0. The molecule has 0 saturated carbocycles. The van der Waals surface area contributed by atoms with Gasteiger partial charge in [-0.05, 0) is 29.8 Å². The second kappa shape index (κ2) is 10.1. The third-order valence-corrected chi connectivity index (χ3v) is 6.10. The van der Waals surface area contributed by atoms with Gasteiger partial charge in [0.1, 0.15) is 18.0 Å². The van der Waals surface area contributed by atoms with E-state index >= 15 is 0 Å². The number of carbonyl (C=O) groups excluding carboxylic acids is 1. The van der Waals surface area contributed by atoms with Crippen LogP contribution in [0.1, 0.15) is 11.3 Å². The van der Waals surface area contributed by atoms with Crippen LogP contribution in [0.3, 0.4) is 0 Å². The van der Waals surface area contributed by atoms with E-state index in [2.05, 4.69) is 25.6 Å². The van der Waals surface area contributed by atoms with Crippen molar-refractivity contribution >= 4 is 28.9 Å². The zero-order chi connectivity index (χ0) is 26.9. The molecule has 14 heteroatoms. The van der Waals surface area contributed by atoms with Crippen LogP contribution in [-0.4, -0.2) is 57.0 Å². The molecule has 2 amide bonds. The number of nitrogen functional groups attached to an aromatic ring is 1. The SMILES string of the molecule is Nc1ncnn2c(CN3CCOCC3)cc(-c3ccc(NC(=O)Nc4cc(C(F)(F)F)cc[n+]4O)cc3)c12. The third kappa shape index (κ3) is 5.31. The molecule has 4 heterocycles. The van der Waals surface area contributed by atoms with Crippen LogP contribution in [0.4, 0.5) is 35.3 Å². The van der Waals surface area contributed by atoms with Gasteiger partial charge in [-0.2, -0.15) is 23.6 Å². The van der Waals surface area contributed by atoms with Gasteiger partial charge in [-0.25, -0.2) is 14.3 Å². The molecule has 4 aromatic rings. The summed E-state index contributed by atoms with van der Waals surface area (Å²) in [6.07, 6.45) is -2.43. The van der Waals surface area contributed by atoms with E-state index in [0.717, 1.165) is 36.1 Å². The van der Waals surface area contributed by atoms with E-state index in [4.69, 9.17) is 10.5 Å².